The first-order valence-corrected chi connectivity index (χ1v) is 6.56. The fraction of sp³-hybridized carbons (Fsp3) is 0.294. The average Bonchev–Trinajstić information content (AvgIpc) is 2.37. The zero-order valence-electron chi connectivity index (χ0n) is 11.2. The van der Waals surface area contributed by atoms with Crippen molar-refractivity contribution in [3.63, 3.8) is 0 Å². The first kappa shape index (κ1) is 12.8. The Kier molecular flexibility index (Phi) is 4.54. The fourth-order valence-corrected chi connectivity index (χ4v) is 2.26. The SMILES string of the molecule is CNCc1cccc(CCc2cccc(C)c2)c1. The number of aryl methyl sites for hydroxylation is 3. The molecule has 0 aliphatic rings. The van der Waals surface area contributed by atoms with Gasteiger partial charge in [-0.3, -0.25) is 0 Å². The molecular formula is C17H21N. The van der Waals surface area contributed by atoms with Crippen LogP contribution in [-0.2, 0) is 19.4 Å². The van der Waals surface area contributed by atoms with Gasteiger partial charge in [0.15, 0.2) is 0 Å². The second-order valence-corrected chi connectivity index (χ2v) is 4.84. The lowest BCUT2D eigenvalue weighted by molar-refractivity contribution is 0.814. The normalized spacial score (nSPS) is 10.6. The van der Waals surface area contributed by atoms with Gasteiger partial charge >= 0.3 is 0 Å². The summed E-state index contributed by atoms with van der Waals surface area (Å²) in [6.07, 6.45) is 2.23. The van der Waals surface area contributed by atoms with Crippen LogP contribution in [0, 0.1) is 6.92 Å². The van der Waals surface area contributed by atoms with Crippen molar-refractivity contribution in [1.82, 2.24) is 5.32 Å². The first-order valence-electron chi connectivity index (χ1n) is 6.56. The van der Waals surface area contributed by atoms with E-state index in [9.17, 15) is 0 Å². The van der Waals surface area contributed by atoms with Crippen LogP contribution < -0.4 is 5.32 Å². The van der Waals surface area contributed by atoms with Gasteiger partial charge in [0, 0.05) is 6.54 Å². The zero-order valence-corrected chi connectivity index (χ0v) is 11.2. The minimum atomic E-state index is 0.943. The maximum absolute atomic E-state index is 3.19. The molecule has 0 radical (unpaired) electrons. The van der Waals surface area contributed by atoms with Crippen molar-refractivity contribution in [2.75, 3.05) is 7.05 Å². The average molecular weight is 239 g/mol. The summed E-state index contributed by atoms with van der Waals surface area (Å²) in [4.78, 5) is 0. The molecule has 0 atom stereocenters. The van der Waals surface area contributed by atoms with Crippen molar-refractivity contribution < 1.29 is 0 Å². The van der Waals surface area contributed by atoms with Crippen molar-refractivity contribution >= 4 is 0 Å². The van der Waals surface area contributed by atoms with Crippen LogP contribution in [-0.4, -0.2) is 7.05 Å². The number of hydrogen-bond acceptors (Lipinski definition) is 1. The molecule has 2 aromatic rings. The summed E-state index contributed by atoms with van der Waals surface area (Å²) in [6, 6.07) is 17.6. The number of rotatable bonds is 5. The van der Waals surface area contributed by atoms with Gasteiger partial charge in [0.25, 0.3) is 0 Å². The molecule has 1 N–H and O–H groups in total. The Morgan fingerprint density at radius 2 is 1.44 bits per heavy atom. The summed E-state index contributed by atoms with van der Waals surface area (Å²) in [7, 11) is 1.99. The Balaban J connectivity index is 1.99. The van der Waals surface area contributed by atoms with Gasteiger partial charge in [0.1, 0.15) is 0 Å². The van der Waals surface area contributed by atoms with Gasteiger partial charge in [0.2, 0.25) is 0 Å². The second kappa shape index (κ2) is 6.36. The number of hydrogen-bond donors (Lipinski definition) is 1. The predicted octanol–water partition coefficient (Wildman–Crippen LogP) is 3.50. The Labute approximate surface area is 110 Å². The van der Waals surface area contributed by atoms with Crippen molar-refractivity contribution in [2.45, 2.75) is 26.3 Å². The van der Waals surface area contributed by atoms with Crippen LogP contribution in [0.4, 0.5) is 0 Å². The van der Waals surface area contributed by atoms with Gasteiger partial charge in [-0.05, 0) is 43.5 Å². The lowest BCUT2D eigenvalue weighted by Crippen LogP contribution is -2.05. The van der Waals surface area contributed by atoms with E-state index in [1.807, 2.05) is 7.05 Å². The van der Waals surface area contributed by atoms with Gasteiger partial charge in [-0.15, -0.1) is 0 Å². The van der Waals surface area contributed by atoms with Crippen LogP contribution in [0.2, 0.25) is 0 Å². The standard InChI is InChI=1S/C17H21N/c1-14-5-3-6-15(11-14)9-10-16-7-4-8-17(12-16)13-18-2/h3-8,11-12,18H,9-10,13H2,1-2H3. The molecule has 1 nitrogen and oxygen atoms in total. The second-order valence-electron chi connectivity index (χ2n) is 4.84. The summed E-state index contributed by atoms with van der Waals surface area (Å²) in [5, 5.41) is 3.19. The highest BCUT2D eigenvalue weighted by atomic mass is 14.8. The number of benzene rings is 2. The summed E-state index contributed by atoms with van der Waals surface area (Å²) in [6.45, 7) is 3.09. The van der Waals surface area contributed by atoms with Crippen LogP contribution in [0.1, 0.15) is 22.3 Å². The van der Waals surface area contributed by atoms with E-state index < -0.39 is 0 Å². The molecule has 0 fully saturated rings. The van der Waals surface area contributed by atoms with Crippen LogP contribution in [0.5, 0.6) is 0 Å². The van der Waals surface area contributed by atoms with Gasteiger partial charge in [-0.2, -0.15) is 0 Å². The van der Waals surface area contributed by atoms with E-state index in [4.69, 9.17) is 0 Å². The maximum atomic E-state index is 3.19. The van der Waals surface area contributed by atoms with E-state index in [-0.39, 0.29) is 0 Å². The van der Waals surface area contributed by atoms with Crippen LogP contribution >= 0.6 is 0 Å². The molecule has 94 valence electrons. The smallest absolute Gasteiger partial charge is 0.0202 e. The van der Waals surface area contributed by atoms with E-state index >= 15 is 0 Å². The molecule has 0 heterocycles. The molecule has 0 aliphatic heterocycles. The molecule has 0 aliphatic carbocycles. The lowest BCUT2D eigenvalue weighted by Gasteiger charge is -2.06. The third kappa shape index (κ3) is 3.71. The quantitative estimate of drug-likeness (QED) is 0.842. The Morgan fingerprint density at radius 3 is 2.11 bits per heavy atom. The topological polar surface area (TPSA) is 12.0 Å². The minimum absolute atomic E-state index is 0.943. The van der Waals surface area contributed by atoms with E-state index in [0.29, 0.717) is 0 Å². The van der Waals surface area contributed by atoms with E-state index in [0.717, 1.165) is 19.4 Å². The molecule has 2 rings (SSSR count). The monoisotopic (exact) mass is 239 g/mol. The van der Waals surface area contributed by atoms with Gasteiger partial charge in [-0.1, -0.05) is 54.1 Å². The molecule has 0 amide bonds. The van der Waals surface area contributed by atoms with Crippen molar-refractivity contribution in [3.8, 4) is 0 Å². The summed E-state index contributed by atoms with van der Waals surface area (Å²) in [5.74, 6) is 0. The molecule has 0 unspecified atom stereocenters. The van der Waals surface area contributed by atoms with Crippen LogP contribution in [0.25, 0.3) is 0 Å². The molecule has 18 heavy (non-hydrogen) atoms. The minimum Gasteiger partial charge on any atom is -0.316 e. The lowest BCUT2D eigenvalue weighted by atomic mass is 10.0. The zero-order chi connectivity index (χ0) is 12.8. The van der Waals surface area contributed by atoms with E-state index in [2.05, 4.69) is 60.8 Å². The molecule has 0 saturated heterocycles. The third-order valence-electron chi connectivity index (χ3n) is 3.16. The molecule has 0 spiro atoms. The molecule has 0 bridgehead atoms. The van der Waals surface area contributed by atoms with Crippen LogP contribution in [0.3, 0.4) is 0 Å². The van der Waals surface area contributed by atoms with E-state index in [1.54, 1.807) is 0 Å². The number of nitrogens with one attached hydrogen (secondary N) is 1. The van der Waals surface area contributed by atoms with Gasteiger partial charge < -0.3 is 5.32 Å². The third-order valence-corrected chi connectivity index (χ3v) is 3.16. The van der Waals surface area contributed by atoms with Crippen molar-refractivity contribution in [2.24, 2.45) is 0 Å². The highest BCUT2D eigenvalue weighted by Gasteiger charge is 1.98. The molecule has 2 aromatic carbocycles. The molecule has 0 saturated carbocycles. The maximum Gasteiger partial charge on any atom is 0.0202 e. The highest BCUT2D eigenvalue weighted by Crippen LogP contribution is 2.11. The van der Waals surface area contributed by atoms with Gasteiger partial charge in [-0.25, -0.2) is 0 Å². The molecule has 1 heteroatoms. The summed E-state index contributed by atoms with van der Waals surface area (Å²) >= 11 is 0. The Hall–Kier alpha value is -1.60. The van der Waals surface area contributed by atoms with Crippen molar-refractivity contribution in [1.29, 1.82) is 0 Å². The summed E-state index contributed by atoms with van der Waals surface area (Å²) < 4.78 is 0. The fourth-order valence-electron chi connectivity index (χ4n) is 2.26. The highest BCUT2D eigenvalue weighted by molar-refractivity contribution is 5.26. The Morgan fingerprint density at radius 1 is 0.833 bits per heavy atom. The first-order chi connectivity index (χ1) is 8.78. The molecule has 0 aromatic heterocycles. The predicted molar refractivity (Wildman–Crippen MR) is 77.8 cm³/mol. The van der Waals surface area contributed by atoms with E-state index in [1.165, 1.54) is 22.3 Å². The van der Waals surface area contributed by atoms with Crippen molar-refractivity contribution in [3.05, 3.63) is 70.8 Å². The van der Waals surface area contributed by atoms with Crippen LogP contribution in [0.15, 0.2) is 48.5 Å². The molecular weight excluding hydrogens is 218 g/mol. The largest absolute Gasteiger partial charge is 0.316 e. The summed E-state index contributed by atoms with van der Waals surface area (Å²) in [5.41, 5.74) is 5.55. The Bertz CT molecular complexity index is 502. The van der Waals surface area contributed by atoms with Gasteiger partial charge in [0.05, 0.1) is 0 Å².